The minimum absolute atomic E-state index is 0.133. The number of halogens is 2. The highest BCUT2D eigenvalue weighted by atomic mass is 35.5. The van der Waals surface area contributed by atoms with Crippen molar-refractivity contribution in [3.63, 3.8) is 0 Å². The van der Waals surface area contributed by atoms with Gasteiger partial charge in [-0.05, 0) is 30.3 Å². The standard InChI is InChI=1S/C17H16Cl2N2O5/c1-21(9-15(22)20-8-14-3-2-4-25-14)16(23)10-26-17(24)11-5-12(18)7-13(19)6-11/h2-7H,8-10H2,1H3,(H,20,22). The maximum Gasteiger partial charge on any atom is 0.338 e. The van der Waals surface area contributed by atoms with E-state index in [9.17, 15) is 14.4 Å². The number of esters is 1. The summed E-state index contributed by atoms with van der Waals surface area (Å²) in [7, 11) is 1.43. The zero-order valence-corrected chi connectivity index (χ0v) is 15.3. The lowest BCUT2D eigenvalue weighted by molar-refractivity contribution is -0.137. The van der Waals surface area contributed by atoms with Gasteiger partial charge in [-0.3, -0.25) is 9.59 Å². The van der Waals surface area contributed by atoms with Crippen molar-refractivity contribution >= 4 is 41.0 Å². The van der Waals surface area contributed by atoms with Crippen LogP contribution in [0.3, 0.4) is 0 Å². The summed E-state index contributed by atoms with van der Waals surface area (Å²) in [6.07, 6.45) is 1.50. The number of amides is 2. The Morgan fingerprint density at radius 1 is 1.19 bits per heavy atom. The number of carbonyl (C=O) groups is 3. The van der Waals surface area contributed by atoms with Crippen molar-refractivity contribution in [2.75, 3.05) is 20.2 Å². The Balaban J connectivity index is 1.77. The van der Waals surface area contributed by atoms with Gasteiger partial charge in [0.05, 0.1) is 24.9 Å². The van der Waals surface area contributed by atoms with E-state index >= 15 is 0 Å². The Labute approximate surface area is 159 Å². The average Bonchev–Trinajstić information content (AvgIpc) is 3.10. The molecule has 0 spiro atoms. The number of nitrogens with zero attached hydrogens (tertiary/aromatic N) is 1. The number of ether oxygens (including phenoxy) is 1. The zero-order chi connectivity index (χ0) is 19.1. The van der Waals surface area contributed by atoms with Gasteiger partial charge in [-0.25, -0.2) is 4.79 Å². The van der Waals surface area contributed by atoms with E-state index < -0.39 is 18.5 Å². The maximum atomic E-state index is 12.0. The molecule has 0 aliphatic carbocycles. The summed E-state index contributed by atoms with van der Waals surface area (Å²) < 4.78 is 10.0. The Morgan fingerprint density at radius 3 is 2.50 bits per heavy atom. The van der Waals surface area contributed by atoms with Gasteiger partial charge in [0.15, 0.2) is 6.61 Å². The first kappa shape index (κ1) is 19.8. The molecular weight excluding hydrogens is 383 g/mol. The number of nitrogens with one attached hydrogen (secondary N) is 1. The van der Waals surface area contributed by atoms with Gasteiger partial charge in [0.1, 0.15) is 5.76 Å². The topological polar surface area (TPSA) is 88.8 Å². The normalized spacial score (nSPS) is 10.3. The van der Waals surface area contributed by atoms with Crippen molar-refractivity contribution in [2.45, 2.75) is 6.54 Å². The summed E-state index contributed by atoms with van der Waals surface area (Å²) in [6.45, 7) is -0.469. The first-order valence-electron chi connectivity index (χ1n) is 7.51. The van der Waals surface area contributed by atoms with Gasteiger partial charge in [0.25, 0.3) is 5.91 Å². The lowest BCUT2D eigenvalue weighted by Gasteiger charge is -2.16. The minimum atomic E-state index is -0.738. The fraction of sp³-hybridized carbons (Fsp3) is 0.235. The van der Waals surface area contributed by atoms with E-state index in [-0.39, 0.29) is 34.6 Å². The molecule has 1 N–H and O–H groups in total. The van der Waals surface area contributed by atoms with E-state index in [1.54, 1.807) is 12.1 Å². The zero-order valence-electron chi connectivity index (χ0n) is 13.8. The second-order valence-corrected chi connectivity index (χ2v) is 6.21. The van der Waals surface area contributed by atoms with Crippen LogP contribution in [0.25, 0.3) is 0 Å². The first-order chi connectivity index (χ1) is 12.3. The number of furan rings is 1. The van der Waals surface area contributed by atoms with Gasteiger partial charge in [-0.15, -0.1) is 0 Å². The molecule has 2 aromatic rings. The van der Waals surface area contributed by atoms with Crippen LogP contribution < -0.4 is 5.32 Å². The highest BCUT2D eigenvalue weighted by Gasteiger charge is 2.16. The van der Waals surface area contributed by atoms with Crippen molar-refractivity contribution < 1.29 is 23.5 Å². The highest BCUT2D eigenvalue weighted by Crippen LogP contribution is 2.19. The molecule has 1 aromatic heterocycles. The molecule has 0 bridgehead atoms. The van der Waals surface area contributed by atoms with Gasteiger partial charge in [0, 0.05) is 17.1 Å². The molecule has 0 unspecified atom stereocenters. The van der Waals surface area contributed by atoms with Crippen LogP contribution in [0.4, 0.5) is 0 Å². The van der Waals surface area contributed by atoms with Crippen LogP contribution in [-0.2, 0) is 20.9 Å². The molecule has 0 aliphatic rings. The van der Waals surface area contributed by atoms with Gasteiger partial charge in [-0.1, -0.05) is 23.2 Å². The molecule has 7 nitrogen and oxygen atoms in total. The Bertz CT molecular complexity index is 772. The van der Waals surface area contributed by atoms with E-state index in [1.165, 1.54) is 31.5 Å². The van der Waals surface area contributed by atoms with Gasteiger partial charge >= 0.3 is 5.97 Å². The van der Waals surface area contributed by atoms with Crippen molar-refractivity contribution in [3.8, 4) is 0 Å². The number of hydrogen-bond donors (Lipinski definition) is 1. The summed E-state index contributed by atoms with van der Waals surface area (Å²) in [5, 5.41) is 3.17. The smallest absolute Gasteiger partial charge is 0.338 e. The van der Waals surface area contributed by atoms with E-state index in [1.807, 2.05) is 0 Å². The first-order valence-corrected chi connectivity index (χ1v) is 8.27. The van der Waals surface area contributed by atoms with Crippen molar-refractivity contribution in [1.82, 2.24) is 10.2 Å². The largest absolute Gasteiger partial charge is 0.467 e. The van der Waals surface area contributed by atoms with Crippen LogP contribution in [0.1, 0.15) is 16.1 Å². The average molecular weight is 399 g/mol. The molecule has 1 aromatic carbocycles. The predicted molar refractivity (Wildman–Crippen MR) is 94.9 cm³/mol. The van der Waals surface area contributed by atoms with Crippen molar-refractivity contribution in [2.24, 2.45) is 0 Å². The Hall–Kier alpha value is -2.51. The van der Waals surface area contributed by atoms with E-state index in [0.717, 1.165) is 4.90 Å². The van der Waals surface area contributed by atoms with Crippen LogP contribution in [0.15, 0.2) is 41.0 Å². The molecule has 0 aliphatic heterocycles. The van der Waals surface area contributed by atoms with Crippen molar-refractivity contribution in [1.29, 1.82) is 0 Å². The van der Waals surface area contributed by atoms with Crippen LogP contribution in [0.5, 0.6) is 0 Å². The molecule has 2 rings (SSSR count). The molecule has 26 heavy (non-hydrogen) atoms. The lowest BCUT2D eigenvalue weighted by Crippen LogP contribution is -2.39. The molecular formula is C17H16Cl2N2O5. The molecule has 0 radical (unpaired) electrons. The van der Waals surface area contributed by atoms with Crippen LogP contribution >= 0.6 is 23.2 Å². The van der Waals surface area contributed by atoms with E-state index in [2.05, 4.69) is 5.32 Å². The number of carbonyl (C=O) groups excluding carboxylic acids is 3. The number of benzene rings is 1. The molecule has 138 valence electrons. The second kappa shape index (κ2) is 9.26. The SMILES string of the molecule is CN(CC(=O)NCc1ccco1)C(=O)COC(=O)c1cc(Cl)cc(Cl)c1. The third-order valence-electron chi connectivity index (χ3n) is 3.27. The summed E-state index contributed by atoms with van der Waals surface area (Å²) in [5.41, 5.74) is 0.133. The monoisotopic (exact) mass is 398 g/mol. The van der Waals surface area contributed by atoms with Gasteiger partial charge < -0.3 is 19.4 Å². The van der Waals surface area contributed by atoms with Crippen molar-refractivity contribution in [3.05, 3.63) is 58.0 Å². The third-order valence-corrected chi connectivity index (χ3v) is 3.71. The quantitative estimate of drug-likeness (QED) is 0.723. The second-order valence-electron chi connectivity index (χ2n) is 5.34. The highest BCUT2D eigenvalue weighted by molar-refractivity contribution is 6.35. The maximum absolute atomic E-state index is 12.0. The van der Waals surface area contributed by atoms with E-state index in [0.29, 0.717) is 5.76 Å². The molecule has 0 fully saturated rings. The van der Waals surface area contributed by atoms with Gasteiger partial charge in [0.2, 0.25) is 5.91 Å². The molecule has 0 saturated carbocycles. The molecule has 0 atom stereocenters. The molecule has 1 heterocycles. The summed E-state index contributed by atoms with van der Waals surface area (Å²) in [5.74, 6) is -1.04. The molecule has 9 heteroatoms. The Morgan fingerprint density at radius 2 is 1.88 bits per heavy atom. The number of hydrogen-bond acceptors (Lipinski definition) is 5. The summed E-state index contributed by atoms with van der Waals surface area (Å²) in [6, 6.07) is 7.66. The lowest BCUT2D eigenvalue weighted by atomic mass is 10.2. The van der Waals surface area contributed by atoms with Crippen LogP contribution in [-0.4, -0.2) is 42.9 Å². The molecule has 2 amide bonds. The van der Waals surface area contributed by atoms with Crippen LogP contribution in [0.2, 0.25) is 10.0 Å². The number of likely N-dealkylation sites (N-methyl/N-ethyl adjacent to an activating group) is 1. The summed E-state index contributed by atoms with van der Waals surface area (Å²) in [4.78, 5) is 36.9. The summed E-state index contributed by atoms with van der Waals surface area (Å²) >= 11 is 11.6. The minimum Gasteiger partial charge on any atom is -0.467 e. The van der Waals surface area contributed by atoms with Gasteiger partial charge in [-0.2, -0.15) is 0 Å². The third kappa shape index (κ3) is 6.09. The molecule has 0 saturated heterocycles. The fourth-order valence-corrected chi connectivity index (χ4v) is 2.48. The number of rotatable bonds is 7. The van der Waals surface area contributed by atoms with E-state index in [4.69, 9.17) is 32.4 Å². The fourth-order valence-electron chi connectivity index (χ4n) is 1.95. The predicted octanol–water partition coefficient (Wildman–Crippen LogP) is 2.52. The Kier molecular flexibility index (Phi) is 7.06. The van der Waals surface area contributed by atoms with Crippen LogP contribution in [0, 0.1) is 0 Å².